The third-order valence-electron chi connectivity index (χ3n) is 5.42. The minimum absolute atomic E-state index is 0.0244. The largest absolute Gasteiger partial charge is 0.376 e. The molecule has 0 aliphatic carbocycles. The zero-order chi connectivity index (χ0) is 18.6. The van der Waals surface area contributed by atoms with E-state index in [1.165, 1.54) is 0 Å². The number of amides is 1. The van der Waals surface area contributed by atoms with Gasteiger partial charge in [0.05, 0.1) is 29.5 Å². The zero-order valence-electron chi connectivity index (χ0n) is 15.0. The number of piperidine rings is 1. The Hall–Kier alpha value is -2.92. The molecule has 4 rings (SSSR count). The number of anilines is 1. The van der Waals surface area contributed by atoms with Crippen molar-refractivity contribution in [1.82, 2.24) is 20.1 Å². The molecule has 0 radical (unpaired) electrons. The summed E-state index contributed by atoms with van der Waals surface area (Å²) in [6.45, 7) is 2.13. The first-order chi connectivity index (χ1) is 13.3. The van der Waals surface area contributed by atoms with E-state index in [1.807, 2.05) is 4.90 Å². The van der Waals surface area contributed by atoms with Crippen LogP contribution in [-0.4, -0.2) is 57.8 Å². The van der Waals surface area contributed by atoms with E-state index in [9.17, 15) is 10.1 Å². The normalized spacial score (nSPS) is 23.1. The lowest BCUT2D eigenvalue weighted by Crippen LogP contribution is -2.44. The molecule has 2 atom stereocenters. The summed E-state index contributed by atoms with van der Waals surface area (Å²) in [6.07, 6.45) is 7.65. The van der Waals surface area contributed by atoms with Crippen molar-refractivity contribution in [2.75, 3.05) is 25.0 Å². The second-order valence-corrected chi connectivity index (χ2v) is 7.00. The van der Waals surface area contributed by atoms with Gasteiger partial charge in [0.25, 0.3) is 5.91 Å². The molecule has 2 aromatic rings. The number of nitriles is 1. The van der Waals surface area contributed by atoms with E-state index >= 15 is 0 Å². The Morgan fingerprint density at radius 3 is 2.96 bits per heavy atom. The standard InChI is InChI=1S/C19H22N6O2/c20-10-14-2-1-6-21-18(14)24-16-5-9-27-17(16)13-3-7-25(8-4-13)19(26)15-11-22-23-12-15/h1-2,6,11-13,16-17H,3-5,7-9H2,(H,21,24)(H,22,23)/t16-,17+/m1/s1. The lowest BCUT2D eigenvalue weighted by atomic mass is 9.87. The number of carbonyl (C=O) groups excluding carboxylic acids is 1. The number of aromatic nitrogens is 3. The van der Waals surface area contributed by atoms with Gasteiger partial charge in [-0.2, -0.15) is 10.4 Å². The van der Waals surface area contributed by atoms with Gasteiger partial charge in [-0.25, -0.2) is 4.98 Å². The van der Waals surface area contributed by atoms with Crippen LogP contribution in [0.25, 0.3) is 0 Å². The zero-order valence-corrected chi connectivity index (χ0v) is 15.0. The molecule has 0 saturated carbocycles. The summed E-state index contributed by atoms with van der Waals surface area (Å²) in [5.41, 5.74) is 1.15. The molecule has 27 heavy (non-hydrogen) atoms. The molecule has 0 unspecified atom stereocenters. The molecule has 4 heterocycles. The molecule has 2 aliphatic rings. The first-order valence-corrected chi connectivity index (χ1v) is 9.27. The molecule has 0 aromatic carbocycles. The Morgan fingerprint density at radius 2 is 2.22 bits per heavy atom. The first-order valence-electron chi connectivity index (χ1n) is 9.27. The van der Waals surface area contributed by atoms with Crippen molar-refractivity contribution in [3.63, 3.8) is 0 Å². The van der Waals surface area contributed by atoms with Gasteiger partial charge in [-0.1, -0.05) is 0 Å². The van der Waals surface area contributed by atoms with Gasteiger partial charge in [0.2, 0.25) is 0 Å². The van der Waals surface area contributed by atoms with Crippen molar-refractivity contribution in [3.8, 4) is 6.07 Å². The number of carbonyl (C=O) groups is 1. The summed E-state index contributed by atoms with van der Waals surface area (Å²) in [5.74, 6) is 1.03. The van der Waals surface area contributed by atoms with Crippen LogP contribution < -0.4 is 5.32 Å². The number of ether oxygens (including phenoxy) is 1. The molecule has 2 saturated heterocycles. The van der Waals surface area contributed by atoms with Crippen LogP contribution in [0.4, 0.5) is 5.82 Å². The van der Waals surface area contributed by atoms with E-state index in [2.05, 4.69) is 26.6 Å². The van der Waals surface area contributed by atoms with Gasteiger partial charge in [0.1, 0.15) is 11.9 Å². The number of likely N-dealkylation sites (tertiary alicyclic amines) is 1. The Morgan fingerprint density at radius 1 is 1.37 bits per heavy atom. The van der Waals surface area contributed by atoms with Crippen molar-refractivity contribution in [2.24, 2.45) is 5.92 Å². The molecule has 8 heteroatoms. The highest BCUT2D eigenvalue weighted by Crippen LogP contribution is 2.31. The Bertz CT molecular complexity index is 823. The van der Waals surface area contributed by atoms with Crippen LogP contribution >= 0.6 is 0 Å². The number of pyridine rings is 1. The summed E-state index contributed by atoms with van der Waals surface area (Å²) < 4.78 is 6.03. The summed E-state index contributed by atoms with van der Waals surface area (Å²) >= 11 is 0. The average Bonchev–Trinajstić information content (AvgIpc) is 3.40. The number of nitrogens with zero attached hydrogens (tertiary/aromatic N) is 4. The molecule has 0 spiro atoms. The second kappa shape index (κ2) is 7.76. The minimum atomic E-state index is 0.0244. The Labute approximate surface area is 157 Å². The molecule has 2 N–H and O–H groups in total. The lowest BCUT2D eigenvalue weighted by molar-refractivity contribution is 0.0260. The van der Waals surface area contributed by atoms with E-state index < -0.39 is 0 Å². The predicted molar refractivity (Wildman–Crippen MR) is 97.9 cm³/mol. The summed E-state index contributed by atoms with van der Waals surface area (Å²) in [5, 5.41) is 19.2. The lowest BCUT2D eigenvalue weighted by Gasteiger charge is -2.36. The first kappa shape index (κ1) is 17.5. The Kier molecular flexibility index (Phi) is 5.03. The number of hydrogen-bond acceptors (Lipinski definition) is 6. The number of hydrogen-bond donors (Lipinski definition) is 2. The SMILES string of the molecule is N#Cc1cccnc1N[C@@H]1CCO[C@H]1C1CCN(C(=O)c2cn[nH]c2)CC1. The van der Waals surface area contributed by atoms with Gasteiger partial charge < -0.3 is 15.0 Å². The van der Waals surface area contributed by atoms with Crippen molar-refractivity contribution >= 4 is 11.7 Å². The third-order valence-corrected chi connectivity index (χ3v) is 5.42. The molecule has 2 fully saturated rings. The van der Waals surface area contributed by atoms with Crippen molar-refractivity contribution < 1.29 is 9.53 Å². The minimum Gasteiger partial charge on any atom is -0.376 e. The van der Waals surface area contributed by atoms with Crippen LogP contribution in [0.15, 0.2) is 30.7 Å². The smallest absolute Gasteiger partial charge is 0.257 e. The fourth-order valence-corrected chi connectivity index (χ4v) is 4.00. The van der Waals surface area contributed by atoms with Crippen molar-refractivity contribution in [1.29, 1.82) is 5.26 Å². The second-order valence-electron chi connectivity index (χ2n) is 7.00. The topological polar surface area (TPSA) is 107 Å². The van der Waals surface area contributed by atoms with Gasteiger partial charge >= 0.3 is 0 Å². The molecule has 2 aliphatic heterocycles. The molecular weight excluding hydrogens is 344 g/mol. The predicted octanol–water partition coefficient (Wildman–Crippen LogP) is 1.80. The van der Waals surface area contributed by atoms with Crippen molar-refractivity contribution in [3.05, 3.63) is 41.9 Å². The summed E-state index contributed by atoms with van der Waals surface area (Å²) in [6, 6.07) is 5.84. The van der Waals surface area contributed by atoms with E-state index in [-0.39, 0.29) is 18.1 Å². The number of nitrogens with one attached hydrogen (secondary N) is 2. The van der Waals surface area contributed by atoms with E-state index in [1.54, 1.807) is 30.7 Å². The van der Waals surface area contributed by atoms with Crippen LogP contribution in [0.5, 0.6) is 0 Å². The fraction of sp³-hybridized carbons (Fsp3) is 0.474. The molecule has 140 valence electrons. The van der Waals surface area contributed by atoms with Crippen LogP contribution in [0, 0.1) is 17.2 Å². The molecule has 0 bridgehead atoms. The van der Waals surface area contributed by atoms with E-state index in [0.717, 1.165) is 19.3 Å². The number of rotatable bonds is 4. The van der Waals surface area contributed by atoms with Crippen LogP contribution in [-0.2, 0) is 4.74 Å². The summed E-state index contributed by atoms with van der Waals surface area (Å²) in [7, 11) is 0. The molecule has 8 nitrogen and oxygen atoms in total. The number of H-pyrrole nitrogens is 1. The molecule has 1 amide bonds. The summed E-state index contributed by atoms with van der Waals surface area (Å²) in [4.78, 5) is 18.6. The van der Waals surface area contributed by atoms with Gasteiger partial charge in [0, 0.05) is 32.1 Å². The monoisotopic (exact) mass is 366 g/mol. The van der Waals surface area contributed by atoms with Gasteiger partial charge in [-0.15, -0.1) is 0 Å². The van der Waals surface area contributed by atoms with Gasteiger partial charge in [-0.3, -0.25) is 9.89 Å². The fourth-order valence-electron chi connectivity index (χ4n) is 4.00. The van der Waals surface area contributed by atoms with Crippen LogP contribution in [0.3, 0.4) is 0 Å². The molecule has 2 aromatic heterocycles. The van der Waals surface area contributed by atoms with Crippen molar-refractivity contribution in [2.45, 2.75) is 31.4 Å². The van der Waals surface area contributed by atoms with E-state index in [4.69, 9.17) is 4.74 Å². The maximum Gasteiger partial charge on any atom is 0.257 e. The van der Waals surface area contributed by atoms with Crippen LogP contribution in [0.1, 0.15) is 35.2 Å². The van der Waals surface area contributed by atoms with Crippen LogP contribution in [0.2, 0.25) is 0 Å². The third kappa shape index (κ3) is 3.64. The van der Waals surface area contributed by atoms with Gasteiger partial charge in [0.15, 0.2) is 0 Å². The molecular formula is C19H22N6O2. The Balaban J connectivity index is 1.37. The number of aromatic amines is 1. The highest BCUT2D eigenvalue weighted by molar-refractivity contribution is 5.93. The highest BCUT2D eigenvalue weighted by atomic mass is 16.5. The van der Waals surface area contributed by atoms with E-state index in [0.29, 0.717) is 42.6 Å². The maximum atomic E-state index is 12.4. The van der Waals surface area contributed by atoms with Gasteiger partial charge in [-0.05, 0) is 37.3 Å². The quantitative estimate of drug-likeness (QED) is 0.854. The highest BCUT2D eigenvalue weighted by Gasteiger charge is 2.37. The maximum absolute atomic E-state index is 12.4. The average molecular weight is 366 g/mol.